The number of rotatable bonds is 23. The van der Waals surface area contributed by atoms with E-state index in [1.165, 1.54) is 83.5 Å². The summed E-state index contributed by atoms with van der Waals surface area (Å²) in [7, 11) is 0. The molecule has 3 aliphatic rings. The summed E-state index contributed by atoms with van der Waals surface area (Å²) in [5.41, 5.74) is 1.89. The van der Waals surface area contributed by atoms with Crippen LogP contribution in [0.4, 0.5) is 4.39 Å². The first-order chi connectivity index (χ1) is 23.3. The van der Waals surface area contributed by atoms with Gasteiger partial charge in [0.1, 0.15) is 11.9 Å². The minimum atomic E-state index is -0.956. The Morgan fingerprint density at radius 1 is 0.833 bits per heavy atom. The molecule has 0 bridgehead atoms. The van der Waals surface area contributed by atoms with Crippen molar-refractivity contribution in [1.82, 2.24) is 4.90 Å². The fraction of sp³-hybridized carbons (Fsp3) is 0.837. The predicted molar refractivity (Wildman–Crippen MR) is 198 cm³/mol. The number of alkyl halides is 1. The van der Waals surface area contributed by atoms with E-state index >= 15 is 4.39 Å². The monoisotopic (exact) mass is 670 g/mol. The number of halogens is 1. The minimum absolute atomic E-state index is 0.130. The number of carbonyl (C=O) groups is 1. The van der Waals surface area contributed by atoms with Crippen molar-refractivity contribution in [3.8, 4) is 5.75 Å². The number of aliphatic hydroxyl groups is 1. The normalized spacial score (nSPS) is 27.8. The molecule has 0 aliphatic heterocycles. The average molecular weight is 670 g/mol. The zero-order chi connectivity index (χ0) is 34.4. The van der Waals surface area contributed by atoms with Gasteiger partial charge in [-0.3, -0.25) is 4.79 Å². The van der Waals surface area contributed by atoms with Crippen molar-refractivity contribution in [2.45, 2.75) is 193 Å². The van der Waals surface area contributed by atoms with Crippen LogP contribution in [0.3, 0.4) is 0 Å². The summed E-state index contributed by atoms with van der Waals surface area (Å²) >= 11 is 0. The molecule has 0 spiro atoms. The van der Waals surface area contributed by atoms with Crippen molar-refractivity contribution in [3.63, 3.8) is 0 Å². The number of hydrogen-bond acceptors (Lipinski definition) is 3. The topological polar surface area (TPSA) is 60.8 Å². The van der Waals surface area contributed by atoms with Gasteiger partial charge in [0.2, 0.25) is 5.91 Å². The molecular weight excluding hydrogens is 597 g/mol. The predicted octanol–water partition coefficient (Wildman–Crippen LogP) is 11.5. The van der Waals surface area contributed by atoms with Crippen LogP contribution < -0.4 is 0 Å². The number of aliphatic hydroxyl groups excluding tert-OH is 1. The standard InChI is InChI=1S/C43H72FNO3/c1-4-6-8-10-12-13-14-15-19-23-40(48)45(28-20-16-11-9-7-5-2)29-21-17-18-22-33-30-34-31-35(46)24-25-36(34)42-38(44)32-43(3)37(41(33)42)26-27-39(43)47/h24-25,31,33,37-39,41-42,46-47H,4-23,26-30,32H2,1-3H3/t33-,37+,38+,39+,41+,42+,43+/m1/s1. The van der Waals surface area contributed by atoms with Crippen LogP contribution in [0.1, 0.15) is 185 Å². The number of nitrogens with zero attached hydrogens (tertiary/aromatic N) is 1. The Balaban J connectivity index is 1.27. The van der Waals surface area contributed by atoms with E-state index in [0.717, 1.165) is 82.0 Å². The van der Waals surface area contributed by atoms with Gasteiger partial charge in [0.25, 0.3) is 0 Å². The lowest BCUT2D eigenvalue weighted by molar-refractivity contribution is -0.131. The summed E-state index contributed by atoms with van der Waals surface area (Å²) in [5, 5.41) is 21.3. The third-order valence-electron chi connectivity index (χ3n) is 12.9. The molecule has 0 heterocycles. The molecule has 0 aromatic heterocycles. The summed E-state index contributed by atoms with van der Waals surface area (Å²) in [6, 6.07) is 5.58. The van der Waals surface area contributed by atoms with Gasteiger partial charge in [-0.1, -0.05) is 123 Å². The molecule has 274 valence electrons. The van der Waals surface area contributed by atoms with Crippen molar-refractivity contribution >= 4 is 5.91 Å². The van der Waals surface area contributed by atoms with Gasteiger partial charge < -0.3 is 15.1 Å². The molecule has 0 saturated heterocycles. The molecule has 3 aliphatic carbocycles. The second-order valence-electron chi connectivity index (χ2n) is 16.5. The Morgan fingerprint density at radius 2 is 1.42 bits per heavy atom. The highest BCUT2D eigenvalue weighted by atomic mass is 19.1. The van der Waals surface area contributed by atoms with Crippen molar-refractivity contribution in [3.05, 3.63) is 29.3 Å². The van der Waals surface area contributed by atoms with E-state index < -0.39 is 12.3 Å². The van der Waals surface area contributed by atoms with Gasteiger partial charge in [-0.2, -0.15) is 0 Å². The molecule has 48 heavy (non-hydrogen) atoms. The molecule has 2 fully saturated rings. The van der Waals surface area contributed by atoms with E-state index in [4.69, 9.17) is 0 Å². The van der Waals surface area contributed by atoms with E-state index in [9.17, 15) is 15.0 Å². The number of fused-ring (bicyclic) bond motifs is 5. The van der Waals surface area contributed by atoms with Crippen molar-refractivity contribution in [1.29, 1.82) is 0 Å². The van der Waals surface area contributed by atoms with Gasteiger partial charge in [0, 0.05) is 25.4 Å². The molecule has 4 nitrogen and oxygen atoms in total. The molecule has 2 N–H and O–H groups in total. The summed E-state index contributed by atoms with van der Waals surface area (Å²) in [6.45, 7) is 8.42. The third kappa shape index (κ3) is 10.7. The Kier molecular flexibility index (Phi) is 16.6. The van der Waals surface area contributed by atoms with Crippen LogP contribution >= 0.6 is 0 Å². The lowest BCUT2D eigenvalue weighted by Gasteiger charge is -2.54. The van der Waals surface area contributed by atoms with Crippen molar-refractivity contribution < 1.29 is 19.4 Å². The van der Waals surface area contributed by atoms with Gasteiger partial charge in [0.05, 0.1) is 6.10 Å². The Bertz CT molecular complexity index is 1080. The van der Waals surface area contributed by atoms with Gasteiger partial charge in [0.15, 0.2) is 0 Å². The molecule has 0 unspecified atom stereocenters. The maximum atomic E-state index is 16.1. The van der Waals surface area contributed by atoms with Crippen LogP contribution in [0.25, 0.3) is 0 Å². The van der Waals surface area contributed by atoms with Gasteiger partial charge >= 0.3 is 0 Å². The summed E-state index contributed by atoms with van der Waals surface area (Å²) in [5.74, 6) is 1.46. The molecule has 1 aromatic rings. The molecule has 1 amide bonds. The first-order valence-corrected chi connectivity index (χ1v) is 20.7. The molecule has 2 saturated carbocycles. The van der Waals surface area contributed by atoms with E-state index in [1.807, 2.05) is 12.1 Å². The lowest BCUT2D eigenvalue weighted by atomic mass is 9.51. The molecular formula is C43H72FNO3. The highest BCUT2D eigenvalue weighted by molar-refractivity contribution is 5.76. The highest BCUT2D eigenvalue weighted by Crippen LogP contribution is 2.63. The van der Waals surface area contributed by atoms with Crippen molar-refractivity contribution in [2.75, 3.05) is 13.1 Å². The third-order valence-corrected chi connectivity index (χ3v) is 12.9. The Labute approximate surface area is 294 Å². The SMILES string of the molecule is CCCCCCCCCCCC(=O)N(CCCCCCCC)CCCCC[C@@H]1Cc2cc(O)ccc2[C@@H]2[C@@H]1[C@@H]1CC[C@H](O)[C@@]1(C)C[C@@H]2F. The quantitative estimate of drug-likeness (QED) is 0.114. The highest BCUT2D eigenvalue weighted by Gasteiger charge is 2.59. The number of phenolic OH excluding ortho intramolecular Hbond substituents is 1. The fourth-order valence-electron chi connectivity index (χ4n) is 10.1. The zero-order valence-corrected chi connectivity index (χ0v) is 31.2. The van der Waals surface area contributed by atoms with Crippen LogP contribution in [0.2, 0.25) is 0 Å². The number of aromatic hydroxyl groups is 1. The number of carbonyl (C=O) groups excluding carboxylic acids is 1. The van der Waals surface area contributed by atoms with Gasteiger partial charge in [-0.25, -0.2) is 4.39 Å². The number of phenols is 1. The number of benzene rings is 1. The van der Waals surface area contributed by atoms with Crippen LogP contribution in [0.5, 0.6) is 5.75 Å². The van der Waals surface area contributed by atoms with Crippen LogP contribution in [0.15, 0.2) is 18.2 Å². The second-order valence-corrected chi connectivity index (χ2v) is 16.5. The molecule has 7 atom stereocenters. The first-order valence-electron chi connectivity index (χ1n) is 20.7. The van der Waals surface area contributed by atoms with E-state index in [-0.39, 0.29) is 23.0 Å². The molecule has 4 rings (SSSR count). The average Bonchev–Trinajstić information content (AvgIpc) is 3.36. The van der Waals surface area contributed by atoms with Gasteiger partial charge in [-0.15, -0.1) is 0 Å². The maximum absolute atomic E-state index is 16.1. The summed E-state index contributed by atoms with van der Waals surface area (Å²) < 4.78 is 16.1. The molecule has 0 radical (unpaired) electrons. The minimum Gasteiger partial charge on any atom is -0.508 e. The van der Waals surface area contributed by atoms with E-state index in [1.54, 1.807) is 6.07 Å². The molecule has 1 aromatic carbocycles. The van der Waals surface area contributed by atoms with Crippen LogP contribution in [0, 0.1) is 23.2 Å². The lowest BCUT2D eigenvalue weighted by Crippen LogP contribution is -2.51. The van der Waals surface area contributed by atoms with Crippen LogP contribution in [-0.2, 0) is 11.2 Å². The Morgan fingerprint density at radius 3 is 2.06 bits per heavy atom. The smallest absolute Gasteiger partial charge is 0.222 e. The Hall–Kier alpha value is -1.62. The first kappa shape index (κ1) is 39.2. The molecule has 5 heteroatoms. The summed E-state index contributed by atoms with van der Waals surface area (Å²) in [4.78, 5) is 15.6. The number of hydrogen-bond donors (Lipinski definition) is 2. The fourth-order valence-corrected chi connectivity index (χ4v) is 10.1. The van der Waals surface area contributed by atoms with E-state index in [2.05, 4.69) is 25.7 Å². The van der Waals surface area contributed by atoms with E-state index in [0.29, 0.717) is 30.6 Å². The maximum Gasteiger partial charge on any atom is 0.222 e. The van der Waals surface area contributed by atoms with Gasteiger partial charge in [-0.05, 0) is 97.8 Å². The number of unbranched alkanes of at least 4 members (excludes halogenated alkanes) is 15. The largest absolute Gasteiger partial charge is 0.508 e. The van der Waals surface area contributed by atoms with Crippen molar-refractivity contribution in [2.24, 2.45) is 23.2 Å². The number of amides is 1. The zero-order valence-electron chi connectivity index (χ0n) is 31.2. The second kappa shape index (κ2) is 20.3. The summed E-state index contributed by atoms with van der Waals surface area (Å²) in [6.07, 6.45) is 25.6. The van der Waals surface area contributed by atoms with Crippen LogP contribution in [-0.4, -0.2) is 46.4 Å².